The van der Waals surface area contributed by atoms with Gasteiger partial charge in [0, 0.05) is 18.7 Å². The summed E-state index contributed by atoms with van der Waals surface area (Å²) in [7, 11) is -3.69. The first-order valence-electron chi connectivity index (χ1n) is 8.32. The molecule has 1 aromatic rings. The third-order valence-electron chi connectivity index (χ3n) is 3.47. The average molecular weight is 385 g/mol. The maximum Gasteiger partial charge on any atom is 0.426 e. The van der Waals surface area contributed by atoms with Crippen molar-refractivity contribution >= 4 is 22.0 Å². The first-order chi connectivity index (χ1) is 11.9. The zero-order valence-corrected chi connectivity index (χ0v) is 16.9. The molecule has 1 aromatic carbocycles. The summed E-state index contributed by atoms with van der Waals surface area (Å²) in [5.74, 6) is -0.634. The molecular formula is C17H27N3O5S. The first kappa shape index (κ1) is 21.9. The number of nitrogens with zero attached hydrogens (tertiary/aromatic N) is 1. The number of carbonyl (C=O) groups is 2. The van der Waals surface area contributed by atoms with Crippen LogP contribution in [0.2, 0.25) is 0 Å². The maximum absolute atomic E-state index is 12.6. The van der Waals surface area contributed by atoms with Crippen molar-refractivity contribution in [2.45, 2.75) is 52.0 Å². The average Bonchev–Trinajstić information content (AvgIpc) is 2.52. The van der Waals surface area contributed by atoms with Gasteiger partial charge in [-0.25, -0.2) is 18.6 Å². The van der Waals surface area contributed by atoms with Crippen LogP contribution in [0.25, 0.3) is 0 Å². The van der Waals surface area contributed by atoms with E-state index in [0.717, 1.165) is 0 Å². The molecular weight excluding hydrogens is 358 g/mol. The van der Waals surface area contributed by atoms with Gasteiger partial charge in [-0.1, -0.05) is 19.9 Å². The van der Waals surface area contributed by atoms with Gasteiger partial charge in [-0.05, 0) is 45.4 Å². The van der Waals surface area contributed by atoms with Crippen molar-refractivity contribution in [2.24, 2.45) is 0 Å². The minimum Gasteiger partial charge on any atom is -0.443 e. The third kappa shape index (κ3) is 5.70. The van der Waals surface area contributed by atoms with Crippen LogP contribution >= 0.6 is 0 Å². The van der Waals surface area contributed by atoms with E-state index < -0.39 is 27.6 Å². The lowest BCUT2D eigenvalue weighted by molar-refractivity contribution is 0.0483. The number of hydrazine groups is 1. The lowest BCUT2D eigenvalue weighted by atomic mass is 10.1. The molecule has 0 atom stereocenters. The molecule has 0 aliphatic rings. The zero-order valence-electron chi connectivity index (χ0n) is 16.0. The van der Waals surface area contributed by atoms with Crippen molar-refractivity contribution in [3.8, 4) is 0 Å². The van der Waals surface area contributed by atoms with Crippen LogP contribution in [0.3, 0.4) is 0 Å². The van der Waals surface area contributed by atoms with Crippen LogP contribution < -0.4 is 10.9 Å². The van der Waals surface area contributed by atoms with E-state index in [1.165, 1.54) is 16.4 Å². The standard InChI is InChI=1S/C17H27N3O5S/c1-7-20(8-2)26(23,24)13-10-9-12(3)14(11-13)15(21)18-19-16(22)25-17(4,5)6/h9-11H,7-8H2,1-6H3,(H,18,21)(H,19,22). The van der Waals surface area contributed by atoms with Gasteiger partial charge in [0.15, 0.2) is 0 Å². The summed E-state index contributed by atoms with van der Waals surface area (Å²) in [6, 6.07) is 4.31. The molecule has 2 N–H and O–H groups in total. The summed E-state index contributed by atoms with van der Waals surface area (Å²) in [6.07, 6.45) is -0.810. The van der Waals surface area contributed by atoms with Gasteiger partial charge in [-0.3, -0.25) is 10.2 Å². The van der Waals surface area contributed by atoms with E-state index in [1.54, 1.807) is 47.6 Å². The van der Waals surface area contributed by atoms with Crippen LogP contribution in [0.1, 0.15) is 50.5 Å². The predicted octanol–water partition coefficient (Wildman–Crippen LogP) is 2.20. The van der Waals surface area contributed by atoms with E-state index in [2.05, 4.69) is 10.9 Å². The number of carbonyl (C=O) groups excluding carboxylic acids is 2. The van der Waals surface area contributed by atoms with Crippen LogP contribution in [0.5, 0.6) is 0 Å². The Hall–Kier alpha value is -2.13. The van der Waals surface area contributed by atoms with E-state index in [9.17, 15) is 18.0 Å². The summed E-state index contributed by atoms with van der Waals surface area (Å²) in [5.41, 5.74) is 4.39. The molecule has 146 valence electrons. The van der Waals surface area contributed by atoms with Crippen molar-refractivity contribution in [3.05, 3.63) is 29.3 Å². The summed E-state index contributed by atoms with van der Waals surface area (Å²) in [4.78, 5) is 24.0. The van der Waals surface area contributed by atoms with E-state index in [0.29, 0.717) is 18.7 Å². The smallest absolute Gasteiger partial charge is 0.426 e. The molecule has 0 aliphatic heterocycles. The van der Waals surface area contributed by atoms with Crippen LogP contribution in [-0.2, 0) is 14.8 Å². The maximum atomic E-state index is 12.6. The molecule has 1 rings (SSSR count). The van der Waals surface area contributed by atoms with Crippen molar-refractivity contribution < 1.29 is 22.7 Å². The Balaban J connectivity index is 3.00. The molecule has 8 nitrogen and oxygen atoms in total. The summed E-state index contributed by atoms with van der Waals surface area (Å²) in [5, 5.41) is 0. The quantitative estimate of drug-likeness (QED) is 0.756. The summed E-state index contributed by atoms with van der Waals surface area (Å²) >= 11 is 0. The zero-order chi connectivity index (χ0) is 20.1. The second kappa shape index (κ2) is 8.50. The molecule has 9 heteroatoms. The summed E-state index contributed by atoms with van der Waals surface area (Å²) < 4.78 is 31.5. The van der Waals surface area contributed by atoms with E-state index >= 15 is 0 Å². The normalized spacial score (nSPS) is 12.0. The van der Waals surface area contributed by atoms with Crippen LogP contribution in [0.15, 0.2) is 23.1 Å². The molecule has 0 spiro atoms. The Kier molecular flexibility index (Phi) is 7.16. The number of aryl methyl sites for hydroxylation is 1. The SMILES string of the molecule is CCN(CC)S(=O)(=O)c1ccc(C)c(C(=O)NNC(=O)OC(C)(C)C)c1. The highest BCUT2D eigenvalue weighted by molar-refractivity contribution is 7.89. The van der Waals surface area contributed by atoms with Crippen LogP contribution in [0.4, 0.5) is 4.79 Å². The molecule has 0 heterocycles. The van der Waals surface area contributed by atoms with E-state index in [1.807, 2.05) is 0 Å². The molecule has 0 aromatic heterocycles. The molecule has 26 heavy (non-hydrogen) atoms. The second-order valence-corrected chi connectivity index (χ2v) is 8.59. The molecule has 0 fully saturated rings. The van der Waals surface area contributed by atoms with Crippen molar-refractivity contribution in [1.82, 2.24) is 15.2 Å². The minimum atomic E-state index is -3.69. The fourth-order valence-electron chi connectivity index (χ4n) is 2.20. The number of benzene rings is 1. The molecule has 0 unspecified atom stereocenters. The predicted molar refractivity (Wildman–Crippen MR) is 98.1 cm³/mol. The highest BCUT2D eigenvalue weighted by Crippen LogP contribution is 2.19. The van der Waals surface area contributed by atoms with Gasteiger partial charge in [-0.2, -0.15) is 4.31 Å². The van der Waals surface area contributed by atoms with Gasteiger partial charge in [0.1, 0.15) is 5.60 Å². The van der Waals surface area contributed by atoms with Gasteiger partial charge in [0.2, 0.25) is 10.0 Å². The topological polar surface area (TPSA) is 105 Å². The first-order valence-corrected chi connectivity index (χ1v) is 9.76. The number of sulfonamides is 1. The highest BCUT2D eigenvalue weighted by Gasteiger charge is 2.24. The van der Waals surface area contributed by atoms with Crippen molar-refractivity contribution in [3.63, 3.8) is 0 Å². The number of ether oxygens (including phenoxy) is 1. The number of hydrogen-bond acceptors (Lipinski definition) is 5. The van der Waals surface area contributed by atoms with E-state index in [-0.39, 0.29) is 10.5 Å². The van der Waals surface area contributed by atoms with Gasteiger partial charge < -0.3 is 4.74 Å². The second-order valence-electron chi connectivity index (χ2n) is 6.65. The Labute approximate surface area is 154 Å². The lowest BCUT2D eigenvalue weighted by Crippen LogP contribution is -2.44. The molecule has 0 bridgehead atoms. The number of rotatable bonds is 5. The number of amides is 2. The van der Waals surface area contributed by atoms with Gasteiger partial charge in [0.05, 0.1) is 4.90 Å². The Morgan fingerprint density at radius 1 is 1.12 bits per heavy atom. The number of nitrogens with one attached hydrogen (secondary N) is 2. The van der Waals surface area contributed by atoms with E-state index in [4.69, 9.17) is 4.74 Å². The molecule has 0 aliphatic carbocycles. The molecule has 0 radical (unpaired) electrons. The largest absolute Gasteiger partial charge is 0.443 e. The lowest BCUT2D eigenvalue weighted by Gasteiger charge is -2.20. The van der Waals surface area contributed by atoms with Crippen molar-refractivity contribution in [1.29, 1.82) is 0 Å². The van der Waals surface area contributed by atoms with Crippen LogP contribution in [0, 0.1) is 6.92 Å². The fourth-order valence-corrected chi connectivity index (χ4v) is 3.68. The third-order valence-corrected chi connectivity index (χ3v) is 5.52. The van der Waals surface area contributed by atoms with Gasteiger partial charge >= 0.3 is 6.09 Å². The van der Waals surface area contributed by atoms with Crippen molar-refractivity contribution in [2.75, 3.05) is 13.1 Å². The monoisotopic (exact) mass is 385 g/mol. The molecule has 0 saturated heterocycles. The highest BCUT2D eigenvalue weighted by atomic mass is 32.2. The fraction of sp³-hybridized carbons (Fsp3) is 0.529. The Morgan fingerprint density at radius 2 is 1.69 bits per heavy atom. The number of hydrogen-bond donors (Lipinski definition) is 2. The van der Waals surface area contributed by atoms with Gasteiger partial charge in [0.25, 0.3) is 5.91 Å². The minimum absolute atomic E-state index is 0.0224. The molecule has 2 amide bonds. The van der Waals surface area contributed by atoms with Gasteiger partial charge in [-0.15, -0.1) is 0 Å². The molecule has 0 saturated carbocycles. The summed E-state index contributed by atoms with van der Waals surface area (Å²) in [6.45, 7) is 10.9. The Morgan fingerprint density at radius 3 is 2.19 bits per heavy atom. The van der Waals surface area contributed by atoms with Crippen LogP contribution in [-0.4, -0.2) is 43.4 Å². The Bertz CT molecular complexity index is 765.